The van der Waals surface area contributed by atoms with Crippen LogP contribution in [-0.4, -0.2) is 6.54 Å². The molecule has 0 aromatic rings. The quantitative estimate of drug-likeness (QED) is 0.466. The molecule has 0 aromatic heterocycles. The lowest BCUT2D eigenvalue weighted by atomic mass is 10.8. The highest BCUT2D eigenvalue weighted by Crippen LogP contribution is 1.13. The van der Waals surface area contributed by atoms with Crippen LogP contribution in [0.15, 0.2) is 0 Å². The first-order valence-electron chi connectivity index (χ1n) is 1.21. The van der Waals surface area contributed by atoms with Gasteiger partial charge in [0.2, 0.25) is 0 Å². The highest BCUT2D eigenvalue weighted by molar-refractivity contribution is 3.79. The minimum atomic E-state index is 0. The van der Waals surface area contributed by atoms with Gasteiger partial charge < -0.3 is 5.73 Å². The van der Waals surface area contributed by atoms with E-state index in [-0.39, 0.29) is 22.3 Å². The molecule has 0 saturated carbocycles. The van der Waals surface area contributed by atoms with Gasteiger partial charge >= 0.3 is 0 Å². The molecule has 3 N–H and O–H groups in total. The lowest BCUT2D eigenvalue weighted by Gasteiger charge is -1.49. The van der Waals surface area contributed by atoms with Gasteiger partial charge in [0, 0.05) is 0 Å². The van der Waals surface area contributed by atoms with Crippen LogP contribution >= 0.6 is 0 Å². The molecule has 0 rings (SSSR count). The normalized spacial score (nSPS) is 3.00. The topological polar surface area (TPSA) is 27.6 Å². The van der Waals surface area contributed by atoms with Gasteiger partial charge in [-0.2, -0.15) is 0 Å². The molecule has 0 bridgehead atoms. The van der Waals surface area contributed by atoms with Crippen molar-refractivity contribution >= 4 is 0 Å². The molecular weight excluding hydrogens is 74.1 g/mol. The van der Waals surface area contributed by atoms with E-state index in [1.807, 2.05) is 6.92 Å². The summed E-state index contributed by atoms with van der Waals surface area (Å²) in [5, 5.41) is 0. The van der Waals surface area contributed by atoms with Crippen molar-refractivity contribution in [2.75, 3.05) is 6.54 Å². The standard InChI is InChI=1S/C2H7N.3CH4/c1-2-3;;;/h2-3H2,1H3;3*1H4/p+1. The maximum atomic E-state index is 3.49. The molecule has 0 saturated heterocycles. The molecule has 44 valence electrons. The average molecular weight is 94.2 g/mol. The molecule has 0 aliphatic carbocycles. The summed E-state index contributed by atoms with van der Waals surface area (Å²) in [5.41, 5.74) is 3.49. The maximum absolute atomic E-state index is 3.49. The molecule has 0 atom stereocenters. The van der Waals surface area contributed by atoms with Gasteiger partial charge in [-0.1, -0.05) is 22.3 Å². The van der Waals surface area contributed by atoms with Crippen molar-refractivity contribution in [3.8, 4) is 0 Å². The Bertz CT molecular complexity index is 3.90. The summed E-state index contributed by atoms with van der Waals surface area (Å²) in [4.78, 5) is 0. The second kappa shape index (κ2) is 84.4. The van der Waals surface area contributed by atoms with Gasteiger partial charge in [0.15, 0.2) is 0 Å². The second-order valence-corrected chi connectivity index (χ2v) is 0.500. The third kappa shape index (κ3) is 21700. The highest BCUT2D eigenvalue weighted by Gasteiger charge is 1.37. The van der Waals surface area contributed by atoms with Crippen molar-refractivity contribution in [2.45, 2.75) is 29.2 Å². The van der Waals surface area contributed by atoms with Crippen molar-refractivity contribution in [1.82, 2.24) is 0 Å². The molecule has 0 aliphatic heterocycles. The van der Waals surface area contributed by atoms with Gasteiger partial charge in [-0.3, -0.25) is 0 Å². The zero-order chi connectivity index (χ0) is 2.71. The van der Waals surface area contributed by atoms with Crippen LogP contribution in [0.4, 0.5) is 0 Å². The minimum Gasteiger partial charge on any atom is -0.358 e. The maximum Gasteiger partial charge on any atom is 0.0711 e. The van der Waals surface area contributed by atoms with E-state index in [9.17, 15) is 0 Å². The Morgan fingerprint density at radius 2 is 1.17 bits per heavy atom. The van der Waals surface area contributed by atoms with E-state index in [0.29, 0.717) is 0 Å². The van der Waals surface area contributed by atoms with Crippen LogP contribution in [0.5, 0.6) is 0 Å². The fourth-order valence-corrected chi connectivity index (χ4v) is 0. The summed E-state index contributed by atoms with van der Waals surface area (Å²) in [7, 11) is 0. The van der Waals surface area contributed by atoms with Crippen LogP contribution in [0.1, 0.15) is 29.2 Å². The van der Waals surface area contributed by atoms with E-state index < -0.39 is 0 Å². The molecule has 0 radical (unpaired) electrons. The fraction of sp³-hybridized carbons (Fsp3) is 1.00. The Kier molecular flexibility index (Phi) is 537. The summed E-state index contributed by atoms with van der Waals surface area (Å²) in [6.45, 7) is 3.01. The minimum absolute atomic E-state index is 0. The summed E-state index contributed by atoms with van der Waals surface area (Å²) in [6, 6.07) is 0. The van der Waals surface area contributed by atoms with Crippen molar-refractivity contribution in [2.24, 2.45) is 0 Å². The van der Waals surface area contributed by atoms with E-state index >= 15 is 0 Å². The zero-order valence-corrected chi connectivity index (χ0v) is 2.41. The average Bonchev–Trinajstić information content (AvgIpc) is 0.918. The third-order valence-electron chi connectivity index (χ3n) is 0. The molecule has 0 fully saturated rings. The molecule has 1 nitrogen and oxygen atoms in total. The van der Waals surface area contributed by atoms with Crippen molar-refractivity contribution in [3.05, 3.63) is 0 Å². The lowest BCUT2D eigenvalue weighted by molar-refractivity contribution is -0.361. The Hall–Kier alpha value is -0.0400. The van der Waals surface area contributed by atoms with Crippen LogP contribution < -0.4 is 5.73 Å². The molecule has 0 amide bonds. The van der Waals surface area contributed by atoms with Crippen LogP contribution in [0.25, 0.3) is 0 Å². The lowest BCUT2D eigenvalue weighted by Crippen LogP contribution is -2.48. The fourth-order valence-electron chi connectivity index (χ4n) is 0. The van der Waals surface area contributed by atoms with Crippen molar-refractivity contribution < 1.29 is 5.73 Å². The Balaban J connectivity index is -0.00000000667. The Morgan fingerprint density at radius 1 is 1.17 bits per heavy atom. The smallest absolute Gasteiger partial charge is 0.0711 e. The SMILES string of the molecule is C.C.C.CC[NH3+]. The van der Waals surface area contributed by atoms with Crippen molar-refractivity contribution in [3.63, 3.8) is 0 Å². The van der Waals surface area contributed by atoms with Gasteiger partial charge in [-0.05, 0) is 6.92 Å². The molecule has 0 heterocycles. The molecule has 0 spiro atoms. The third-order valence-corrected chi connectivity index (χ3v) is 0. The number of quaternary nitrogens is 1. The predicted molar refractivity (Wildman–Crippen MR) is 33.6 cm³/mol. The van der Waals surface area contributed by atoms with E-state index in [4.69, 9.17) is 0 Å². The van der Waals surface area contributed by atoms with Crippen LogP contribution in [-0.2, 0) is 0 Å². The number of hydrogen-bond acceptors (Lipinski definition) is 0. The van der Waals surface area contributed by atoms with Gasteiger partial charge in [0.1, 0.15) is 0 Å². The molecule has 0 aliphatic rings. The molecule has 0 unspecified atom stereocenters. The summed E-state index contributed by atoms with van der Waals surface area (Å²) < 4.78 is 0. The van der Waals surface area contributed by atoms with E-state index in [0.717, 1.165) is 6.54 Å². The molecule has 6 heavy (non-hydrogen) atoms. The summed E-state index contributed by atoms with van der Waals surface area (Å²) >= 11 is 0. The highest BCUT2D eigenvalue weighted by atomic mass is 14.5. The van der Waals surface area contributed by atoms with Crippen molar-refractivity contribution in [1.29, 1.82) is 0 Å². The summed E-state index contributed by atoms with van der Waals surface area (Å²) in [6.07, 6.45) is 0. The first-order valence-corrected chi connectivity index (χ1v) is 1.21. The predicted octanol–water partition coefficient (Wildman–Crippen LogP) is 1.16. The first kappa shape index (κ1) is 38.2. The zero-order valence-electron chi connectivity index (χ0n) is 2.41. The molecular formula is C5H20N+. The van der Waals surface area contributed by atoms with Gasteiger partial charge in [0.05, 0.1) is 6.54 Å². The van der Waals surface area contributed by atoms with E-state index in [1.54, 1.807) is 0 Å². The van der Waals surface area contributed by atoms with E-state index in [2.05, 4.69) is 5.73 Å². The Labute approximate surface area is 42.6 Å². The first-order chi connectivity index (χ1) is 1.41. The van der Waals surface area contributed by atoms with Gasteiger partial charge in [0.25, 0.3) is 0 Å². The van der Waals surface area contributed by atoms with Crippen LogP contribution in [0.3, 0.4) is 0 Å². The monoisotopic (exact) mass is 94.2 g/mol. The molecule has 1 heteroatoms. The van der Waals surface area contributed by atoms with Crippen LogP contribution in [0, 0.1) is 0 Å². The number of rotatable bonds is 0. The van der Waals surface area contributed by atoms with Gasteiger partial charge in [-0.15, -0.1) is 0 Å². The molecule has 0 aromatic carbocycles. The van der Waals surface area contributed by atoms with Crippen LogP contribution in [0.2, 0.25) is 0 Å². The van der Waals surface area contributed by atoms with Gasteiger partial charge in [-0.25, -0.2) is 0 Å². The summed E-state index contributed by atoms with van der Waals surface area (Å²) in [5.74, 6) is 0. The Morgan fingerprint density at radius 3 is 1.17 bits per heavy atom. The van der Waals surface area contributed by atoms with E-state index in [1.165, 1.54) is 0 Å². The second-order valence-electron chi connectivity index (χ2n) is 0.500. The largest absolute Gasteiger partial charge is 0.358 e. The number of hydrogen-bond donors (Lipinski definition) is 1.